The summed E-state index contributed by atoms with van der Waals surface area (Å²) < 4.78 is 13.3. The molecule has 2 amide bonds. The van der Waals surface area contributed by atoms with Gasteiger partial charge in [-0.05, 0) is 24.1 Å². The molecule has 2 atom stereocenters. The van der Waals surface area contributed by atoms with Gasteiger partial charge in [-0.2, -0.15) is 0 Å². The molecule has 1 heterocycles. The van der Waals surface area contributed by atoms with Crippen molar-refractivity contribution in [2.75, 3.05) is 6.54 Å². The number of carbonyl (C=O) groups excluding carboxylic acids is 2. The molecule has 19 heavy (non-hydrogen) atoms. The molecule has 0 radical (unpaired) electrons. The number of phenolic OH excluding ortho intramolecular Hbond substituents is 1. The standard InChI is InChI=1S/C13H15FN2O3/c1-7(17)15-6-9-5-10(13(19)16-9)8-2-3-12(18)11(14)4-8/h2-4,9-10,18H,5-6H2,1H3,(H,15,17)(H,16,19). The van der Waals surface area contributed by atoms with E-state index in [0.717, 1.165) is 0 Å². The Morgan fingerprint density at radius 2 is 2.32 bits per heavy atom. The van der Waals surface area contributed by atoms with Crippen molar-refractivity contribution in [3.8, 4) is 5.75 Å². The van der Waals surface area contributed by atoms with Gasteiger partial charge in [-0.1, -0.05) is 6.07 Å². The molecule has 1 fully saturated rings. The second-order valence-corrected chi connectivity index (χ2v) is 4.64. The number of amides is 2. The second kappa shape index (κ2) is 5.26. The van der Waals surface area contributed by atoms with Crippen molar-refractivity contribution in [2.45, 2.75) is 25.3 Å². The van der Waals surface area contributed by atoms with Gasteiger partial charge in [-0.3, -0.25) is 9.59 Å². The Morgan fingerprint density at radius 3 is 2.95 bits per heavy atom. The first-order valence-corrected chi connectivity index (χ1v) is 6.00. The normalized spacial score (nSPS) is 22.1. The molecule has 0 saturated carbocycles. The van der Waals surface area contributed by atoms with Crippen LogP contribution in [0.2, 0.25) is 0 Å². The van der Waals surface area contributed by atoms with Gasteiger partial charge in [-0.15, -0.1) is 0 Å². The highest BCUT2D eigenvalue weighted by atomic mass is 19.1. The fourth-order valence-corrected chi connectivity index (χ4v) is 2.18. The minimum atomic E-state index is -0.740. The fourth-order valence-electron chi connectivity index (χ4n) is 2.18. The summed E-state index contributed by atoms with van der Waals surface area (Å²) >= 11 is 0. The van der Waals surface area contributed by atoms with Crippen LogP contribution < -0.4 is 10.6 Å². The highest BCUT2D eigenvalue weighted by molar-refractivity contribution is 5.86. The molecule has 2 unspecified atom stereocenters. The number of nitrogens with one attached hydrogen (secondary N) is 2. The van der Waals surface area contributed by atoms with E-state index in [2.05, 4.69) is 10.6 Å². The third-order valence-corrected chi connectivity index (χ3v) is 3.15. The van der Waals surface area contributed by atoms with Gasteiger partial charge in [0.1, 0.15) is 0 Å². The van der Waals surface area contributed by atoms with Gasteiger partial charge < -0.3 is 15.7 Å². The summed E-state index contributed by atoms with van der Waals surface area (Å²) in [5, 5.41) is 14.5. The molecule has 1 saturated heterocycles. The lowest BCUT2D eigenvalue weighted by Gasteiger charge is -2.10. The molecule has 102 valence electrons. The predicted octanol–water partition coefficient (Wildman–Crippen LogP) is 0.640. The molecule has 1 aliphatic heterocycles. The van der Waals surface area contributed by atoms with E-state index in [0.29, 0.717) is 18.5 Å². The Hall–Kier alpha value is -2.11. The molecule has 1 aromatic rings. The van der Waals surface area contributed by atoms with Crippen LogP contribution in [0.4, 0.5) is 4.39 Å². The van der Waals surface area contributed by atoms with Crippen molar-refractivity contribution >= 4 is 11.8 Å². The Bertz CT molecular complexity index is 519. The summed E-state index contributed by atoms with van der Waals surface area (Å²) in [5.41, 5.74) is 0.526. The first-order valence-electron chi connectivity index (χ1n) is 6.00. The predicted molar refractivity (Wildman–Crippen MR) is 66.0 cm³/mol. The number of carbonyl (C=O) groups is 2. The van der Waals surface area contributed by atoms with Gasteiger partial charge >= 0.3 is 0 Å². The van der Waals surface area contributed by atoms with Gasteiger partial charge in [0.05, 0.1) is 5.92 Å². The van der Waals surface area contributed by atoms with E-state index in [9.17, 15) is 14.0 Å². The van der Waals surface area contributed by atoms with Crippen LogP contribution in [-0.4, -0.2) is 29.5 Å². The summed E-state index contributed by atoms with van der Waals surface area (Å²) in [4.78, 5) is 22.6. The third kappa shape index (κ3) is 3.01. The first-order chi connectivity index (χ1) is 8.97. The van der Waals surface area contributed by atoms with E-state index in [1.165, 1.54) is 25.1 Å². The topological polar surface area (TPSA) is 78.4 Å². The van der Waals surface area contributed by atoms with E-state index in [1.807, 2.05) is 0 Å². The summed E-state index contributed by atoms with van der Waals surface area (Å²) in [7, 11) is 0. The minimum Gasteiger partial charge on any atom is -0.505 e. The molecule has 1 aromatic carbocycles. The highest BCUT2D eigenvalue weighted by Crippen LogP contribution is 2.29. The van der Waals surface area contributed by atoms with Crippen LogP contribution in [0.3, 0.4) is 0 Å². The summed E-state index contributed by atoms with van der Waals surface area (Å²) in [6.07, 6.45) is 0.489. The third-order valence-electron chi connectivity index (χ3n) is 3.15. The number of benzene rings is 1. The van der Waals surface area contributed by atoms with Crippen LogP contribution in [-0.2, 0) is 9.59 Å². The maximum absolute atomic E-state index is 13.3. The highest BCUT2D eigenvalue weighted by Gasteiger charge is 2.33. The zero-order valence-corrected chi connectivity index (χ0v) is 10.4. The first kappa shape index (κ1) is 13.3. The molecular weight excluding hydrogens is 251 g/mol. The Balaban J connectivity index is 2.07. The second-order valence-electron chi connectivity index (χ2n) is 4.64. The maximum atomic E-state index is 13.3. The fraction of sp³-hybridized carbons (Fsp3) is 0.385. The van der Waals surface area contributed by atoms with Crippen molar-refractivity contribution in [3.63, 3.8) is 0 Å². The Morgan fingerprint density at radius 1 is 1.58 bits per heavy atom. The van der Waals surface area contributed by atoms with Crippen LogP contribution in [0.1, 0.15) is 24.8 Å². The molecule has 0 aliphatic carbocycles. The van der Waals surface area contributed by atoms with Gasteiger partial charge in [0.15, 0.2) is 11.6 Å². The number of hydrogen-bond acceptors (Lipinski definition) is 3. The van der Waals surface area contributed by atoms with Gasteiger partial charge in [0.25, 0.3) is 0 Å². The number of phenols is 1. The Kier molecular flexibility index (Phi) is 3.69. The lowest BCUT2D eigenvalue weighted by Crippen LogP contribution is -2.37. The lowest BCUT2D eigenvalue weighted by molar-refractivity contribution is -0.121. The van der Waals surface area contributed by atoms with E-state index in [-0.39, 0.29) is 17.9 Å². The van der Waals surface area contributed by atoms with E-state index >= 15 is 0 Å². The van der Waals surface area contributed by atoms with Gasteiger partial charge in [-0.25, -0.2) is 4.39 Å². The quantitative estimate of drug-likeness (QED) is 0.751. The SMILES string of the molecule is CC(=O)NCC1CC(c2ccc(O)c(F)c2)C(=O)N1. The zero-order valence-electron chi connectivity index (χ0n) is 10.4. The van der Waals surface area contributed by atoms with Crippen molar-refractivity contribution < 1.29 is 19.1 Å². The van der Waals surface area contributed by atoms with Gasteiger partial charge in [0, 0.05) is 19.5 Å². The molecule has 0 bridgehead atoms. The van der Waals surface area contributed by atoms with E-state index in [4.69, 9.17) is 5.11 Å². The molecular formula is C13H15FN2O3. The molecule has 0 aromatic heterocycles. The van der Waals surface area contributed by atoms with Gasteiger partial charge in [0.2, 0.25) is 11.8 Å². The number of aromatic hydroxyl groups is 1. The summed E-state index contributed by atoms with van der Waals surface area (Å²) in [6.45, 7) is 1.77. The van der Waals surface area contributed by atoms with Crippen molar-refractivity contribution in [1.82, 2.24) is 10.6 Å². The molecule has 0 spiro atoms. The van der Waals surface area contributed by atoms with Crippen molar-refractivity contribution in [3.05, 3.63) is 29.6 Å². The smallest absolute Gasteiger partial charge is 0.227 e. The summed E-state index contributed by atoms with van der Waals surface area (Å²) in [6, 6.07) is 3.78. The van der Waals surface area contributed by atoms with Crippen LogP contribution in [0.15, 0.2) is 18.2 Å². The van der Waals surface area contributed by atoms with Crippen LogP contribution in [0.5, 0.6) is 5.75 Å². The van der Waals surface area contributed by atoms with Crippen LogP contribution in [0, 0.1) is 5.82 Å². The lowest BCUT2D eigenvalue weighted by atomic mass is 9.95. The van der Waals surface area contributed by atoms with Crippen LogP contribution >= 0.6 is 0 Å². The summed E-state index contributed by atoms with van der Waals surface area (Å²) in [5.74, 6) is -1.98. The zero-order chi connectivity index (χ0) is 14.0. The maximum Gasteiger partial charge on any atom is 0.227 e. The molecule has 5 nitrogen and oxygen atoms in total. The van der Waals surface area contributed by atoms with E-state index < -0.39 is 17.5 Å². The minimum absolute atomic E-state index is 0.154. The molecule has 3 N–H and O–H groups in total. The van der Waals surface area contributed by atoms with Crippen molar-refractivity contribution in [2.24, 2.45) is 0 Å². The average molecular weight is 266 g/mol. The molecule has 2 rings (SSSR count). The average Bonchev–Trinajstić information content (AvgIpc) is 2.72. The van der Waals surface area contributed by atoms with E-state index in [1.54, 1.807) is 0 Å². The molecule has 1 aliphatic rings. The monoisotopic (exact) mass is 266 g/mol. The molecule has 6 heteroatoms. The number of rotatable bonds is 3. The number of hydrogen-bond donors (Lipinski definition) is 3. The number of halogens is 1. The van der Waals surface area contributed by atoms with Crippen LogP contribution in [0.25, 0.3) is 0 Å². The van der Waals surface area contributed by atoms with Crippen molar-refractivity contribution in [1.29, 1.82) is 0 Å². The Labute approximate surface area is 109 Å². The largest absolute Gasteiger partial charge is 0.505 e.